The molecule has 1 heterocycles. The second-order valence-corrected chi connectivity index (χ2v) is 5.77. The predicted molar refractivity (Wildman–Crippen MR) is 99.3 cm³/mol. The maximum absolute atomic E-state index is 14.5. The van der Waals surface area contributed by atoms with Crippen molar-refractivity contribution in [2.45, 2.75) is 0 Å². The van der Waals surface area contributed by atoms with Gasteiger partial charge in [0.2, 0.25) is 0 Å². The fourth-order valence-electron chi connectivity index (χ4n) is 2.92. The van der Waals surface area contributed by atoms with Gasteiger partial charge < -0.3 is 4.74 Å². The Morgan fingerprint density at radius 1 is 0.923 bits per heavy atom. The van der Waals surface area contributed by atoms with Gasteiger partial charge in [-0.05, 0) is 48.5 Å². The Hall–Kier alpha value is -3.47. The summed E-state index contributed by atoms with van der Waals surface area (Å²) in [6.07, 6.45) is 0. The average Bonchev–Trinajstić information content (AvgIpc) is 2.69. The molecule has 1 aromatic heterocycles. The van der Waals surface area contributed by atoms with Crippen LogP contribution >= 0.6 is 0 Å². The first-order valence-corrected chi connectivity index (χ1v) is 8.10. The molecule has 0 bridgehead atoms. The fraction of sp³-hybridized carbons (Fsp3) is 0.0476. The molecule has 26 heavy (non-hydrogen) atoms. The minimum Gasteiger partial charge on any atom is -0.497 e. The van der Waals surface area contributed by atoms with E-state index in [4.69, 9.17) is 4.74 Å². The number of ether oxygens (including phenoxy) is 1. The summed E-state index contributed by atoms with van der Waals surface area (Å²) in [5, 5.41) is 0.438. The zero-order chi connectivity index (χ0) is 18.1. The summed E-state index contributed by atoms with van der Waals surface area (Å²) in [6.45, 7) is 0. The lowest BCUT2D eigenvalue weighted by molar-refractivity contribution is 0.415. The molecule has 0 saturated heterocycles. The summed E-state index contributed by atoms with van der Waals surface area (Å²) < 4.78 is 21.0. The highest BCUT2D eigenvalue weighted by atomic mass is 19.1. The highest BCUT2D eigenvalue weighted by Crippen LogP contribution is 2.25. The van der Waals surface area contributed by atoms with Crippen molar-refractivity contribution in [3.05, 3.63) is 89.0 Å². The monoisotopic (exact) mass is 346 g/mol. The summed E-state index contributed by atoms with van der Waals surface area (Å²) in [7, 11) is 1.58. The summed E-state index contributed by atoms with van der Waals surface area (Å²) in [6, 6.07) is 20.4. The van der Waals surface area contributed by atoms with Crippen LogP contribution in [0, 0.1) is 5.82 Å². The van der Waals surface area contributed by atoms with Crippen LogP contribution in [0.3, 0.4) is 0 Å². The smallest absolute Gasteiger partial charge is 0.266 e. The molecule has 0 radical (unpaired) electrons. The predicted octanol–water partition coefficient (Wildman–Crippen LogP) is 4.20. The molecule has 4 nitrogen and oxygen atoms in total. The van der Waals surface area contributed by atoms with Crippen LogP contribution in [-0.2, 0) is 0 Å². The quantitative estimate of drug-likeness (QED) is 0.558. The summed E-state index contributed by atoms with van der Waals surface area (Å²) >= 11 is 0. The zero-order valence-electron chi connectivity index (χ0n) is 14.0. The molecule has 0 aliphatic rings. The third-order valence-corrected chi connectivity index (χ3v) is 4.22. The summed E-state index contributed by atoms with van der Waals surface area (Å²) in [5.74, 6) is 0.581. The van der Waals surface area contributed by atoms with E-state index < -0.39 is 5.82 Å². The third-order valence-electron chi connectivity index (χ3n) is 4.22. The van der Waals surface area contributed by atoms with Gasteiger partial charge in [-0.3, -0.25) is 9.36 Å². The lowest BCUT2D eigenvalue weighted by Gasteiger charge is -2.14. The first-order valence-electron chi connectivity index (χ1n) is 8.10. The molecule has 5 heteroatoms. The van der Waals surface area contributed by atoms with Crippen molar-refractivity contribution in [2.75, 3.05) is 7.11 Å². The number of nitrogens with zero attached hydrogens (tertiary/aromatic N) is 2. The highest BCUT2D eigenvalue weighted by molar-refractivity contribution is 5.80. The molecule has 0 unspecified atom stereocenters. The van der Waals surface area contributed by atoms with Gasteiger partial charge in [0.05, 0.1) is 23.7 Å². The second kappa shape index (κ2) is 6.44. The topological polar surface area (TPSA) is 44.1 Å². The molecule has 128 valence electrons. The van der Waals surface area contributed by atoms with Gasteiger partial charge in [0.25, 0.3) is 5.56 Å². The normalized spacial score (nSPS) is 10.8. The van der Waals surface area contributed by atoms with Crippen molar-refractivity contribution in [3.63, 3.8) is 0 Å². The average molecular weight is 346 g/mol. The van der Waals surface area contributed by atoms with Crippen molar-refractivity contribution in [2.24, 2.45) is 0 Å². The maximum atomic E-state index is 14.5. The lowest BCUT2D eigenvalue weighted by atomic mass is 10.1. The molecule has 0 spiro atoms. The molecule has 0 amide bonds. The summed E-state index contributed by atoms with van der Waals surface area (Å²) in [5.41, 5.74) is 1.11. The van der Waals surface area contributed by atoms with Crippen molar-refractivity contribution in [3.8, 4) is 22.8 Å². The Morgan fingerprint density at radius 2 is 1.62 bits per heavy atom. The maximum Gasteiger partial charge on any atom is 0.266 e. The molecule has 0 saturated carbocycles. The van der Waals surface area contributed by atoms with Crippen molar-refractivity contribution in [1.82, 2.24) is 9.55 Å². The van der Waals surface area contributed by atoms with Gasteiger partial charge in [0.15, 0.2) is 0 Å². The van der Waals surface area contributed by atoms with Crippen LogP contribution in [0.2, 0.25) is 0 Å². The number of halogens is 1. The zero-order valence-corrected chi connectivity index (χ0v) is 14.0. The van der Waals surface area contributed by atoms with Crippen molar-refractivity contribution >= 4 is 10.9 Å². The Labute approximate surface area is 149 Å². The Bertz CT molecular complexity index is 1150. The molecule has 0 atom stereocenters. The molecular formula is C21H15FN2O2. The van der Waals surface area contributed by atoms with Crippen LogP contribution in [0.4, 0.5) is 4.39 Å². The molecule has 0 aliphatic carbocycles. The molecule has 3 aromatic carbocycles. The fourth-order valence-corrected chi connectivity index (χ4v) is 2.92. The van der Waals surface area contributed by atoms with E-state index in [0.717, 1.165) is 0 Å². The Balaban J connectivity index is 2.08. The molecule has 0 aliphatic heterocycles. The van der Waals surface area contributed by atoms with Gasteiger partial charge >= 0.3 is 0 Å². The number of hydrogen-bond donors (Lipinski definition) is 0. The minimum atomic E-state index is -0.485. The molecule has 4 aromatic rings. The highest BCUT2D eigenvalue weighted by Gasteiger charge is 2.16. The number of fused-ring (bicyclic) bond motifs is 1. The number of aromatic nitrogens is 2. The second-order valence-electron chi connectivity index (χ2n) is 5.77. The van der Waals surface area contributed by atoms with Crippen LogP contribution in [-0.4, -0.2) is 16.7 Å². The van der Waals surface area contributed by atoms with Gasteiger partial charge in [0, 0.05) is 5.56 Å². The molecular weight excluding hydrogens is 331 g/mol. The molecule has 0 fully saturated rings. The standard InChI is InChI=1S/C21H15FN2O2/c1-26-15-12-10-14(11-13-15)20-23-18-8-4-2-6-16(18)21(25)24(20)19-9-5-3-7-17(19)22/h2-13H,1H3. The van der Waals surface area contributed by atoms with E-state index in [1.807, 2.05) is 6.07 Å². The van der Waals surface area contributed by atoms with Gasteiger partial charge in [-0.15, -0.1) is 0 Å². The number of rotatable bonds is 3. The number of para-hydroxylation sites is 2. The first kappa shape index (κ1) is 16.0. The Morgan fingerprint density at radius 3 is 2.35 bits per heavy atom. The van der Waals surface area contributed by atoms with Crippen LogP contribution in [0.15, 0.2) is 77.6 Å². The molecule has 4 rings (SSSR count). The van der Waals surface area contributed by atoms with Crippen molar-refractivity contribution < 1.29 is 9.13 Å². The Kier molecular flexibility index (Phi) is 3.97. The third kappa shape index (κ3) is 2.63. The van der Waals surface area contributed by atoms with Gasteiger partial charge in [-0.25, -0.2) is 9.37 Å². The van der Waals surface area contributed by atoms with Crippen LogP contribution in [0.25, 0.3) is 28.0 Å². The van der Waals surface area contributed by atoms with E-state index in [1.165, 1.54) is 10.6 Å². The van der Waals surface area contributed by atoms with E-state index in [0.29, 0.717) is 28.0 Å². The van der Waals surface area contributed by atoms with Crippen LogP contribution in [0.1, 0.15) is 0 Å². The lowest BCUT2D eigenvalue weighted by Crippen LogP contribution is -2.22. The van der Waals surface area contributed by atoms with Crippen LogP contribution < -0.4 is 10.3 Å². The first-order chi connectivity index (χ1) is 12.7. The van der Waals surface area contributed by atoms with E-state index in [2.05, 4.69) is 4.98 Å². The number of methoxy groups -OCH3 is 1. The van der Waals surface area contributed by atoms with Crippen LogP contribution in [0.5, 0.6) is 5.75 Å². The van der Waals surface area contributed by atoms with Gasteiger partial charge in [-0.1, -0.05) is 24.3 Å². The van der Waals surface area contributed by atoms with Crippen molar-refractivity contribution in [1.29, 1.82) is 0 Å². The van der Waals surface area contributed by atoms with E-state index in [-0.39, 0.29) is 11.2 Å². The van der Waals surface area contributed by atoms with E-state index >= 15 is 0 Å². The summed E-state index contributed by atoms with van der Waals surface area (Å²) in [4.78, 5) is 17.8. The van der Waals surface area contributed by atoms with Gasteiger partial charge in [0.1, 0.15) is 17.4 Å². The largest absolute Gasteiger partial charge is 0.497 e. The number of benzene rings is 3. The van der Waals surface area contributed by atoms with E-state index in [1.54, 1.807) is 67.8 Å². The van der Waals surface area contributed by atoms with Gasteiger partial charge in [-0.2, -0.15) is 0 Å². The SMILES string of the molecule is COc1ccc(-c2nc3ccccc3c(=O)n2-c2ccccc2F)cc1. The minimum absolute atomic E-state index is 0.168. The molecule has 0 N–H and O–H groups in total. The number of hydrogen-bond acceptors (Lipinski definition) is 3. The van der Waals surface area contributed by atoms with E-state index in [9.17, 15) is 9.18 Å².